The smallest absolute Gasteiger partial charge is 0.402 e. The molecule has 12 heteroatoms. The Morgan fingerprint density at radius 1 is 0.875 bits per heavy atom. The summed E-state index contributed by atoms with van der Waals surface area (Å²) in [4.78, 5) is 25.7. The molecule has 0 radical (unpaired) electrons. The van der Waals surface area contributed by atoms with Crippen LogP contribution in [0.15, 0.2) is 101 Å². The number of hydrogen-bond donors (Lipinski definition) is 2. The number of halogens is 3. The molecule has 2 aromatic carbocycles. The lowest BCUT2D eigenvalue weighted by Crippen LogP contribution is -2.32. The molecule has 2 N–H and O–H groups in total. The fourth-order valence-corrected chi connectivity index (χ4v) is 4.22. The van der Waals surface area contributed by atoms with Gasteiger partial charge in [0.1, 0.15) is 5.69 Å². The quantitative estimate of drug-likeness (QED) is 0.304. The van der Waals surface area contributed by atoms with Gasteiger partial charge in [-0.25, -0.2) is 9.98 Å². The second-order valence-electron chi connectivity index (χ2n) is 8.69. The summed E-state index contributed by atoms with van der Waals surface area (Å²) in [7, 11) is 0. The number of benzene rings is 2. The summed E-state index contributed by atoms with van der Waals surface area (Å²) in [5.41, 5.74) is 2.32. The predicted molar refractivity (Wildman–Crippen MR) is 140 cm³/mol. The molecule has 9 nitrogen and oxygen atoms in total. The highest BCUT2D eigenvalue weighted by atomic mass is 19.4. The maximum Gasteiger partial charge on any atom is 0.417 e. The molecule has 40 heavy (non-hydrogen) atoms. The molecule has 3 aromatic heterocycles. The van der Waals surface area contributed by atoms with Crippen LogP contribution >= 0.6 is 0 Å². The first kappa shape index (κ1) is 24.9. The molecular weight excluding hydrogens is 523 g/mol. The van der Waals surface area contributed by atoms with E-state index in [4.69, 9.17) is 4.42 Å². The van der Waals surface area contributed by atoms with Crippen LogP contribution in [-0.2, 0) is 11.0 Å². The van der Waals surface area contributed by atoms with E-state index in [2.05, 4.69) is 35.8 Å². The molecule has 0 spiro atoms. The maximum absolute atomic E-state index is 13.4. The van der Waals surface area contributed by atoms with Gasteiger partial charge in [-0.1, -0.05) is 53.6 Å². The number of anilines is 2. The molecule has 198 valence electrons. The second kappa shape index (κ2) is 10.1. The summed E-state index contributed by atoms with van der Waals surface area (Å²) < 4.78 is 46.0. The third kappa shape index (κ3) is 4.89. The molecule has 1 atom stereocenters. The van der Waals surface area contributed by atoms with Gasteiger partial charge in [0.05, 0.1) is 17.0 Å². The number of alkyl halides is 3. The van der Waals surface area contributed by atoms with Gasteiger partial charge in [-0.15, -0.1) is 5.10 Å². The maximum atomic E-state index is 13.4. The van der Waals surface area contributed by atoms with E-state index in [9.17, 15) is 18.0 Å². The first-order valence-electron chi connectivity index (χ1n) is 12.0. The molecule has 4 heterocycles. The largest absolute Gasteiger partial charge is 0.417 e. The van der Waals surface area contributed by atoms with E-state index in [1.54, 1.807) is 24.3 Å². The van der Waals surface area contributed by atoms with E-state index in [0.29, 0.717) is 23.2 Å². The third-order valence-corrected chi connectivity index (χ3v) is 6.09. The lowest BCUT2D eigenvalue weighted by atomic mass is 10.0. The van der Waals surface area contributed by atoms with Crippen LogP contribution in [0.3, 0.4) is 0 Å². The van der Waals surface area contributed by atoms with Crippen LogP contribution in [0.25, 0.3) is 22.7 Å². The molecule has 0 saturated carbocycles. The van der Waals surface area contributed by atoms with Crippen molar-refractivity contribution in [2.45, 2.75) is 12.3 Å². The average Bonchev–Trinajstić information content (AvgIpc) is 3.38. The Hall–Kier alpha value is -5.39. The van der Waals surface area contributed by atoms with Crippen molar-refractivity contribution >= 4 is 23.3 Å². The molecule has 5 aromatic rings. The SMILES string of the molecule is O=C1Nc2ccccc2C(c2ccccc2)=N[C@@H]1Nc1nnc(-c2ncc(C(F)(F)F)cc2-c2ccncc2)o1. The van der Waals surface area contributed by atoms with Gasteiger partial charge in [0, 0.05) is 35.3 Å². The van der Waals surface area contributed by atoms with Crippen molar-refractivity contribution < 1.29 is 22.4 Å². The third-order valence-electron chi connectivity index (χ3n) is 6.09. The zero-order valence-corrected chi connectivity index (χ0v) is 20.4. The number of fused-ring (bicyclic) bond motifs is 1. The van der Waals surface area contributed by atoms with Crippen LogP contribution in [0.2, 0.25) is 0 Å². The Labute approximate surface area is 224 Å². The number of para-hydroxylation sites is 1. The van der Waals surface area contributed by atoms with Gasteiger partial charge in [-0.3, -0.25) is 9.78 Å². The van der Waals surface area contributed by atoms with Crippen LogP contribution in [0, 0.1) is 0 Å². The summed E-state index contributed by atoms with van der Waals surface area (Å²) in [5, 5.41) is 13.6. The van der Waals surface area contributed by atoms with Crippen LogP contribution in [0.4, 0.5) is 24.9 Å². The Balaban J connectivity index is 1.36. The van der Waals surface area contributed by atoms with Crippen molar-refractivity contribution in [1.29, 1.82) is 0 Å². The summed E-state index contributed by atoms with van der Waals surface area (Å²) >= 11 is 0. The predicted octanol–water partition coefficient (Wildman–Crippen LogP) is 5.44. The van der Waals surface area contributed by atoms with Gasteiger partial charge in [-0.2, -0.15) is 13.2 Å². The summed E-state index contributed by atoms with van der Waals surface area (Å²) in [6.07, 6.45) is -2.16. The van der Waals surface area contributed by atoms with Crippen molar-refractivity contribution in [2.24, 2.45) is 4.99 Å². The van der Waals surface area contributed by atoms with Crippen LogP contribution in [-0.4, -0.2) is 37.9 Å². The average molecular weight is 541 g/mol. The molecule has 1 aliphatic heterocycles. The Bertz CT molecular complexity index is 1720. The molecule has 1 aliphatic rings. The molecule has 1 amide bonds. The fourth-order valence-electron chi connectivity index (χ4n) is 4.22. The number of pyridine rings is 2. The minimum absolute atomic E-state index is 0.0333. The van der Waals surface area contributed by atoms with E-state index < -0.39 is 23.8 Å². The van der Waals surface area contributed by atoms with Crippen molar-refractivity contribution in [3.05, 3.63) is 108 Å². The molecule has 0 unspecified atom stereocenters. The topological polar surface area (TPSA) is 118 Å². The number of aliphatic imine (C=N–C) groups is 1. The van der Waals surface area contributed by atoms with E-state index in [1.807, 2.05) is 42.5 Å². The van der Waals surface area contributed by atoms with Gasteiger partial charge >= 0.3 is 12.2 Å². The molecular formula is C28H18F3N7O2. The van der Waals surface area contributed by atoms with E-state index in [0.717, 1.165) is 17.2 Å². The number of carbonyl (C=O) groups excluding carboxylic acids is 1. The summed E-state index contributed by atoms with van der Waals surface area (Å²) in [6, 6.07) is 20.5. The van der Waals surface area contributed by atoms with Gasteiger partial charge in [0.15, 0.2) is 0 Å². The second-order valence-corrected chi connectivity index (χ2v) is 8.69. The Morgan fingerprint density at radius 2 is 1.62 bits per heavy atom. The monoisotopic (exact) mass is 541 g/mol. The van der Waals surface area contributed by atoms with Crippen molar-refractivity contribution in [3.8, 4) is 22.7 Å². The number of hydrogen-bond acceptors (Lipinski definition) is 8. The zero-order chi connectivity index (χ0) is 27.7. The van der Waals surface area contributed by atoms with Crippen LogP contribution in [0.5, 0.6) is 0 Å². The lowest BCUT2D eigenvalue weighted by molar-refractivity contribution is -0.137. The van der Waals surface area contributed by atoms with Crippen LogP contribution in [0.1, 0.15) is 16.7 Å². The number of aromatic nitrogens is 4. The molecule has 6 rings (SSSR count). The Kier molecular flexibility index (Phi) is 6.27. The highest BCUT2D eigenvalue weighted by Crippen LogP contribution is 2.36. The van der Waals surface area contributed by atoms with E-state index in [-0.39, 0.29) is 23.2 Å². The van der Waals surface area contributed by atoms with E-state index >= 15 is 0 Å². The number of carbonyl (C=O) groups is 1. The minimum atomic E-state index is -4.60. The highest BCUT2D eigenvalue weighted by Gasteiger charge is 2.33. The van der Waals surface area contributed by atoms with Gasteiger partial charge in [0.25, 0.3) is 11.8 Å². The van der Waals surface area contributed by atoms with E-state index in [1.165, 1.54) is 12.4 Å². The van der Waals surface area contributed by atoms with Crippen molar-refractivity contribution in [2.75, 3.05) is 10.6 Å². The normalized spacial score (nSPS) is 15.0. The number of amides is 1. The number of benzodiazepines with no additional fused rings is 1. The number of rotatable bonds is 5. The first-order valence-corrected chi connectivity index (χ1v) is 12.0. The summed E-state index contributed by atoms with van der Waals surface area (Å²) in [5.74, 6) is -0.615. The standard InChI is InChI=1S/C28H18F3N7O2/c29-28(30,31)18-14-20(16-10-12-32-13-11-16)23(33-15-18)26-37-38-27(40-26)36-24-25(39)34-21-9-5-4-8-19(21)22(35-24)17-6-2-1-3-7-17/h1-15,24H,(H,34,39)(H,36,38)/t24-/m1/s1. The Morgan fingerprint density at radius 3 is 2.40 bits per heavy atom. The van der Waals surface area contributed by atoms with Gasteiger partial charge in [-0.05, 0) is 29.8 Å². The van der Waals surface area contributed by atoms with Crippen molar-refractivity contribution in [1.82, 2.24) is 20.2 Å². The first-order chi connectivity index (χ1) is 19.4. The molecule has 0 fully saturated rings. The lowest BCUT2D eigenvalue weighted by Gasteiger charge is -2.12. The van der Waals surface area contributed by atoms with Gasteiger partial charge < -0.3 is 15.1 Å². The number of nitrogens with one attached hydrogen (secondary N) is 2. The van der Waals surface area contributed by atoms with Crippen molar-refractivity contribution in [3.63, 3.8) is 0 Å². The van der Waals surface area contributed by atoms with Gasteiger partial charge in [0.2, 0.25) is 6.17 Å². The minimum Gasteiger partial charge on any atom is -0.402 e. The zero-order valence-electron chi connectivity index (χ0n) is 20.4. The molecule has 0 saturated heterocycles. The fraction of sp³-hybridized carbons (Fsp3) is 0.0714. The molecule has 0 aliphatic carbocycles. The number of nitrogens with zero attached hydrogens (tertiary/aromatic N) is 5. The van der Waals surface area contributed by atoms with Crippen LogP contribution < -0.4 is 10.6 Å². The summed E-state index contributed by atoms with van der Waals surface area (Å²) in [6.45, 7) is 0. The highest BCUT2D eigenvalue weighted by molar-refractivity contribution is 6.19. The molecule has 0 bridgehead atoms.